The van der Waals surface area contributed by atoms with Crippen molar-refractivity contribution < 1.29 is 4.57 Å². The van der Waals surface area contributed by atoms with Crippen LogP contribution in [0, 0.1) is 0 Å². The fourth-order valence-corrected chi connectivity index (χ4v) is 6.33. The lowest BCUT2D eigenvalue weighted by Crippen LogP contribution is -2.02. The van der Waals surface area contributed by atoms with Crippen LogP contribution in [0.1, 0.15) is 0 Å². The Bertz CT molecular complexity index is 2070. The highest BCUT2D eigenvalue weighted by atomic mass is 31.2. The third kappa shape index (κ3) is 4.16. The predicted octanol–water partition coefficient (Wildman–Crippen LogP) is 8.89. The fourth-order valence-electron chi connectivity index (χ4n) is 5.44. The van der Waals surface area contributed by atoms with Crippen LogP contribution in [-0.4, -0.2) is 22.7 Å². The molecule has 0 unspecified atom stereocenters. The van der Waals surface area contributed by atoms with E-state index in [1.165, 1.54) is 5.39 Å². The summed E-state index contributed by atoms with van der Waals surface area (Å²) in [6.45, 7) is 3.64. The zero-order valence-corrected chi connectivity index (χ0v) is 22.8. The van der Waals surface area contributed by atoms with E-state index in [1.807, 2.05) is 37.6 Å². The summed E-state index contributed by atoms with van der Waals surface area (Å²) in [6.07, 6.45) is 0. The molecule has 5 aromatic carbocycles. The molecule has 0 amide bonds. The molecule has 7 aromatic rings. The van der Waals surface area contributed by atoms with Crippen molar-refractivity contribution in [3.63, 3.8) is 0 Å². The number of nitrogens with zero attached hydrogens (tertiary/aromatic N) is 2. The number of fused-ring (bicyclic) bond motifs is 5. The van der Waals surface area contributed by atoms with Crippen LogP contribution in [0.2, 0.25) is 0 Å². The van der Waals surface area contributed by atoms with E-state index in [0.717, 1.165) is 60.9 Å². The molecule has 0 radical (unpaired) electrons. The summed E-state index contributed by atoms with van der Waals surface area (Å²) < 4.78 is 15.0. The maximum atomic E-state index is 12.7. The molecule has 0 fully saturated rings. The van der Waals surface area contributed by atoms with Gasteiger partial charge in [-0.15, -0.1) is 0 Å². The third-order valence-electron chi connectivity index (χ3n) is 7.45. The van der Waals surface area contributed by atoms with Crippen molar-refractivity contribution >= 4 is 40.0 Å². The van der Waals surface area contributed by atoms with Crippen LogP contribution < -0.4 is 5.30 Å². The Morgan fingerprint density at radius 2 is 1.21 bits per heavy atom. The highest BCUT2D eigenvalue weighted by Gasteiger charge is 2.15. The van der Waals surface area contributed by atoms with E-state index in [1.54, 1.807) is 0 Å². The number of hydrogen-bond acceptors (Lipinski definition) is 2. The normalized spacial score (nSPS) is 11.9. The maximum absolute atomic E-state index is 12.7. The van der Waals surface area contributed by atoms with E-state index in [0.29, 0.717) is 0 Å². The Labute approximate surface area is 227 Å². The van der Waals surface area contributed by atoms with Crippen molar-refractivity contribution in [1.82, 2.24) is 9.38 Å². The average Bonchev–Trinajstić information content (AvgIpc) is 3.37. The van der Waals surface area contributed by atoms with Crippen LogP contribution in [-0.2, 0) is 4.57 Å². The monoisotopic (exact) mass is 522 g/mol. The average molecular weight is 523 g/mol. The topological polar surface area (TPSA) is 34.4 Å². The van der Waals surface area contributed by atoms with Crippen LogP contribution in [0.4, 0.5) is 0 Å². The molecule has 0 bridgehead atoms. The summed E-state index contributed by atoms with van der Waals surface area (Å²) in [5, 5.41) is 2.07. The maximum Gasteiger partial charge on any atom is 0.146 e. The molecule has 3 nitrogen and oxygen atoms in total. The quantitative estimate of drug-likeness (QED) is 0.216. The molecular formula is C35H27N2OP. The first-order valence-corrected chi connectivity index (χ1v) is 15.7. The molecule has 2 heterocycles. The van der Waals surface area contributed by atoms with Crippen LogP contribution in [0.15, 0.2) is 127 Å². The van der Waals surface area contributed by atoms with Gasteiger partial charge in [-0.05, 0) is 82.9 Å². The van der Waals surface area contributed by atoms with E-state index < -0.39 is 7.14 Å². The first kappa shape index (κ1) is 23.6. The van der Waals surface area contributed by atoms with Crippen molar-refractivity contribution in [1.29, 1.82) is 0 Å². The Hall–Kier alpha value is -4.46. The number of para-hydroxylation sites is 2. The molecule has 0 aliphatic heterocycles. The molecule has 0 N–H and O–H groups in total. The number of imidazole rings is 1. The number of benzene rings is 5. The van der Waals surface area contributed by atoms with Crippen LogP contribution in [0.5, 0.6) is 0 Å². The van der Waals surface area contributed by atoms with Crippen LogP contribution in [0.25, 0.3) is 61.0 Å². The Balaban J connectivity index is 1.43. The van der Waals surface area contributed by atoms with E-state index in [4.69, 9.17) is 4.98 Å². The molecular weight excluding hydrogens is 495 g/mol. The summed E-state index contributed by atoms with van der Waals surface area (Å²) in [4.78, 5) is 5.07. The largest absolute Gasteiger partial charge is 0.319 e. The van der Waals surface area contributed by atoms with Gasteiger partial charge in [-0.25, -0.2) is 4.98 Å². The zero-order valence-electron chi connectivity index (χ0n) is 21.9. The molecule has 39 heavy (non-hydrogen) atoms. The van der Waals surface area contributed by atoms with Gasteiger partial charge in [0.2, 0.25) is 0 Å². The second-order valence-electron chi connectivity index (χ2n) is 10.4. The lowest BCUT2D eigenvalue weighted by Gasteiger charge is -2.13. The van der Waals surface area contributed by atoms with Crippen molar-refractivity contribution in [2.45, 2.75) is 0 Å². The number of aromatic nitrogens is 2. The molecule has 0 spiro atoms. The smallest absolute Gasteiger partial charge is 0.146 e. The van der Waals surface area contributed by atoms with Gasteiger partial charge in [0.1, 0.15) is 12.8 Å². The minimum atomic E-state index is -2.34. The number of pyridine rings is 1. The molecule has 0 saturated carbocycles. The SMILES string of the molecule is CP(C)(=O)c1cccc(-c2cccc(-c3ccc4cc(-c5ccccc5)c5nc6ccccc6n5c4c3)c2)c1. The van der Waals surface area contributed by atoms with Gasteiger partial charge >= 0.3 is 0 Å². The second-order valence-corrected chi connectivity index (χ2v) is 13.7. The van der Waals surface area contributed by atoms with Crippen molar-refractivity contribution in [2.75, 3.05) is 13.3 Å². The minimum absolute atomic E-state index is 0.903. The number of hydrogen-bond donors (Lipinski definition) is 0. The predicted molar refractivity (Wildman–Crippen MR) is 166 cm³/mol. The summed E-state index contributed by atoms with van der Waals surface area (Å²) in [6, 6.07) is 44.5. The van der Waals surface area contributed by atoms with Gasteiger partial charge in [0.15, 0.2) is 0 Å². The van der Waals surface area contributed by atoms with Crippen LogP contribution in [0.3, 0.4) is 0 Å². The molecule has 188 valence electrons. The molecule has 7 rings (SSSR count). The Kier molecular flexibility index (Phi) is 5.50. The summed E-state index contributed by atoms with van der Waals surface area (Å²) in [5.41, 5.74) is 10.9. The lowest BCUT2D eigenvalue weighted by atomic mass is 9.97. The third-order valence-corrected chi connectivity index (χ3v) is 8.98. The Morgan fingerprint density at radius 3 is 1.97 bits per heavy atom. The van der Waals surface area contributed by atoms with Crippen molar-refractivity contribution in [2.24, 2.45) is 0 Å². The molecule has 0 aliphatic rings. The summed E-state index contributed by atoms with van der Waals surface area (Å²) >= 11 is 0. The second kappa shape index (κ2) is 9.08. The van der Waals surface area contributed by atoms with Gasteiger partial charge in [0, 0.05) is 10.9 Å². The first-order chi connectivity index (χ1) is 19.0. The molecule has 0 atom stereocenters. The first-order valence-electron chi connectivity index (χ1n) is 13.1. The lowest BCUT2D eigenvalue weighted by molar-refractivity contribution is 0.588. The molecule has 0 saturated heterocycles. The minimum Gasteiger partial charge on any atom is -0.319 e. The summed E-state index contributed by atoms with van der Waals surface area (Å²) in [5.74, 6) is 0. The van der Waals surface area contributed by atoms with Gasteiger partial charge in [0.25, 0.3) is 0 Å². The highest BCUT2D eigenvalue weighted by Crippen LogP contribution is 2.37. The van der Waals surface area contributed by atoms with E-state index in [9.17, 15) is 4.57 Å². The van der Waals surface area contributed by atoms with Gasteiger partial charge < -0.3 is 4.57 Å². The van der Waals surface area contributed by atoms with Gasteiger partial charge in [-0.1, -0.05) is 91.0 Å². The zero-order chi connectivity index (χ0) is 26.6. The summed E-state index contributed by atoms with van der Waals surface area (Å²) in [7, 11) is -2.34. The molecule has 4 heteroatoms. The Morgan fingerprint density at radius 1 is 0.564 bits per heavy atom. The van der Waals surface area contributed by atoms with Gasteiger partial charge in [-0.3, -0.25) is 4.40 Å². The number of rotatable bonds is 4. The van der Waals surface area contributed by atoms with Crippen molar-refractivity contribution in [3.05, 3.63) is 127 Å². The van der Waals surface area contributed by atoms with E-state index >= 15 is 0 Å². The van der Waals surface area contributed by atoms with Gasteiger partial charge in [-0.2, -0.15) is 0 Å². The van der Waals surface area contributed by atoms with E-state index in [2.05, 4.69) is 108 Å². The van der Waals surface area contributed by atoms with Crippen LogP contribution >= 0.6 is 7.14 Å². The highest BCUT2D eigenvalue weighted by molar-refractivity contribution is 7.70. The molecule has 2 aromatic heterocycles. The van der Waals surface area contributed by atoms with E-state index in [-0.39, 0.29) is 0 Å². The van der Waals surface area contributed by atoms with Gasteiger partial charge in [0.05, 0.1) is 16.6 Å². The fraction of sp³-hybridized carbons (Fsp3) is 0.0571. The standard InChI is InChI=1S/C35H27N2OP/c1-39(2,38)30-15-9-14-27(21-30)25-12-8-13-26(20-25)28-18-19-29-22-31(24-10-4-3-5-11-24)35-36-32-16-6-7-17-33(32)37(35)34(29)23-28/h3-23H,1-2H3. The molecule has 0 aliphatic carbocycles. The van der Waals surface area contributed by atoms with Crippen molar-refractivity contribution in [3.8, 4) is 33.4 Å².